The van der Waals surface area contributed by atoms with E-state index in [0.717, 1.165) is 24.4 Å². The number of amides is 1. The number of benzene rings is 1. The molecule has 1 amide bonds. The summed E-state index contributed by atoms with van der Waals surface area (Å²) < 4.78 is 16.6. The molecule has 3 rings (SSSR count). The molecule has 0 spiro atoms. The summed E-state index contributed by atoms with van der Waals surface area (Å²) in [5.74, 6) is 2.00. The molecule has 0 bridgehead atoms. The Bertz CT molecular complexity index is 839. The smallest absolute Gasteiger partial charge is 0.244 e. The predicted octanol–water partition coefficient (Wildman–Crippen LogP) is 4.21. The number of furan rings is 1. The summed E-state index contributed by atoms with van der Waals surface area (Å²) in [4.78, 5) is 14.8. The predicted molar refractivity (Wildman–Crippen MR) is 118 cm³/mol. The van der Waals surface area contributed by atoms with E-state index >= 15 is 0 Å². The molecular weight excluding hydrogens is 380 g/mol. The minimum absolute atomic E-state index is 0.0547. The molecule has 0 aliphatic carbocycles. The summed E-state index contributed by atoms with van der Waals surface area (Å²) in [6, 6.07) is 9.46. The fourth-order valence-corrected chi connectivity index (χ4v) is 3.60. The maximum Gasteiger partial charge on any atom is 0.244 e. The van der Waals surface area contributed by atoms with Gasteiger partial charge in [-0.25, -0.2) is 0 Å². The number of rotatable bonds is 10. The number of nitrogens with one attached hydrogen (secondary N) is 1. The molecule has 1 aliphatic heterocycles. The van der Waals surface area contributed by atoms with Crippen molar-refractivity contribution >= 4 is 12.0 Å². The molecule has 6 nitrogen and oxygen atoms in total. The molecule has 6 heteroatoms. The van der Waals surface area contributed by atoms with Crippen LogP contribution in [0.15, 0.2) is 59.7 Å². The lowest BCUT2D eigenvalue weighted by Gasteiger charge is -2.33. The van der Waals surface area contributed by atoms with Crippen LogP contribution >= 0.6 is 0 Å². The fraction of sp³-hybridized carbons (Fsp3) is 0.375. The zero-order chi connectivity index (χ0) is 21.2. The molecule has 1 unspecified atom stereocenters. The summed E-state index contributed by atoms with van der Waals surface area (Å²) >= 11 is 0. The lowest BCUT2D eigenvalue weighted by Crippen LogP contribution is -2.40. The molecule has 1 aromatic heterocycles. The van der Waals surface area contributed by atoms with Crippen molar-refractivity contribution in [2.75, 3.05) is 33.4 Å². The lowest BCUT2D eigenvalue weighted by atomic mass is 10.1. The van der Waals surface area contributed by atoms with Crippen LogP contribution in [-0.4, -0.2) is 44.2 Å². The van der Waals surface area contributed by atoms with Gasteiger partial charge in [-0.05, 0) is 61.8 Å². The number of carbonyl (C=O) groups is 1. The molecule has 1 fully saturated rings. The highest BCUT2D eigenvalue weighted by molar-refractivity contribution is 5.91. The van der Waals surface area contributed by atoms with Crippen molar-refractivity contribution in [3.63, 3.8) is 0 Å². The van der Waals surface area contributed by atoms with Crippen molar-refractivity contribution in [3.8, 4) is 11.5 Å². The van der Waals surface area contributed by atoms with Gasteiger partial charge in [0.05, 0.1) is 19.4 Å². The Morgan fingerprint density at radius 1 is 1.27 bits per heavy atom. The first-order valence-corrected chi connectivity index (χ1v) is 10.4. The maximum atomic E-state index is 12.4. The number of likely N-dealkylation sites (tertiary alicyclic amines) is 1. The third kappa shape index (κ3) is 6.00. The molecular formula is C24H30N2O4. The quantitative estimate of drug-likeness (QED) is 0.470. The lowest BCUT2D eigenvalue weighted by molar-refractivity contribution is -0.116. The van der Waals surface area contributed by atoms with E-state index in [1.165, 1.54) is 25.3 Å². The van der Waals surface area contributed by atoms with Gasteiger partial charge in [0.15, 0.2) is 11.5 Å². The molecule has 0 saturated carbocycles. The number of piperidine rings is 1. The molecule has 160 valence electrons. The van der Waals surface area contributed by atoms with Gasteiger partial charge in [0.25, 0.3) is 0 Å². The first-order chi connectivity index (χ1) is 14.7. The molecule has 2 aromatic rings. The SMILES string of the molecule is C=CCOc1ccc(/C=C/C(=O)NCC(c2ccco2)N2CCCCC2)cc1OC. The zero-order valence-electron chi connectivity index (χ0n) is 17.5. The van der Waals surface area contributed by atoms with E-state index in [1.807, 2.05) is 30.3 Å². The van der Waals surface area contributed by atoms with Crippen LogP contribution in [0.2, 0.25) is 0 Å². The van der Waals surface area contributed by atoms with E-state index in [-0.39, 0.29) is 11.9 Å². The van der Waals surface area contributed by atoms with Gasteiger partial charge >= 0.3 is 0 Å². The van der Waals surface area contributed by atoms with E-state index in [1.54, 1.807) is 25.5 Å². The van der Waals surface area contributed by atoms with Crippen LogP contribution in [0.25, 0.3) is 6.08 Å². The summed E-state index contributed by atoms with van der Waals surface area (Å²) in [5.41, 5.74) is 0.853. The molecule has 30 heavy (non-hydrogen) atoms. The number of hydrogen-bond acceptors (Lipinski definition) is 5. The van der Waals surface area contributed by atoms with E-state index in [9.17, 15) is 4.79 Å². The molecule has 1 aromatic carbocycles. The minimum Gasteiger partial charge on any atom is -0.493 e. The Labute approximate surface area is 178 Å². The van der Waals surface area contributed by atoms with Crippen molar-refractivity contribution in [2.45, 2.75) is 25.3 Å². The van der Waals surface area contributed by atoms with Gasteiger partial charge in [0.1, 0.15) is 12.4 Å². The largest absolute Gasteiger partial charge is 0.493 e. The third-order valence-electron chi connectivity index (χ3n) is 5.14. The van der Waals surface area contributed by atoms with Gasteiger partial charge in [0.2, 0.25) is 5.91 Å². The number of nitrogens with zero attached hydrogens (tertiary/aromatic N) is 1. The van der Waals surface area contributed by atoms with Crippen LogP contribution in [0.1, 0.15) is 36.6 Å². The number of methoxy groups -OCH3 is 1. The van der Waals surface area contributed by atoms with Crippen LogP contribution in [0, 0.1) is 0 Å². The number of ether oxygens (including phenoxy) is 2. The van der Waals surface area contributed by atoms with Gasteiger partial charge in [-0.3, -0.25) is 9.69 Å². The highest BCUT2D eigenvalue weighted by Gasteiger charge is 2.24. The standard InChI is InChI=1S/C24H30N2O4/c1-3-15-29-22-11-9-19(17-23(22)28-2)10-12-24(27)25-18-20(21-8-7-16-30-21)26-13-5-4-6-14-26/h3,7-12,16-17,20H,1,4-6,13-15,18H2,2H3,(H,25,27)/b12-10+. The summed E-state index contributed by atoms with van der Waals surface area (Å²) in [6.45, 7) is 6.61. The molecule has 1 atom stereocenters. The minimum atomic E-state index is -0.144. The van der Waals surface area contributed by atoms with E-state index < -0.39 is 0 Å². The van der Waals surface area contributed by atoms with Gasteiger partial charge in [-0.1, -0.05) is 25.1 Å². The zero-order valence-corrected chi connectivity index (χ0v) is 17.5. The summed E-state index contributed by atoms with van der Waals surface area (Å²) in [5, 5.41) is 3.01. The second kappa shape index (κ2) is 11.3. The average Bonchev–Trinajstić information content (AvgIpc) is 3.32. The van der Waals surface area contributed by atoms with Gasteiger partial charge < -0.3 is 19.2 Å². The molecule has 0 radical (unpaired) electrons. The molecule has 1 aliphatic rings. The summed E-state index contributed by atoms with van der Waals surface area (Å²) in [6.07, 6.45) is 10.3. The van der Waals surface area contributed by atoms with Crippen molar-refractivity contribution in [2.24, 2.45) is 0 Å². The monoisotopic (exact) mass is 410 g/mol. The second-order valence-corrected chi connectivity index (χ2v) is 7.22. The highest BCUT2D eigenvalue weighted by Crippen LogP contribution is 2.28. The van der Waals surface area contributed by atoms with Gasteiger partial charge in [0, 0.05) is 12.6 Å². The summed E-state index contributed by atoms with van der Waals surface area (Å²) in [7, 11) is 1.59. The van der Waals surface area contributed by atoms with Crippen molar-refractivity contribution < 1.29 is 18.7 Å². The van der Waals surface area contributed by atoms with Crippen LogP contribution in [0.5, 0.6) is 11.5 Å². The molecule has 1 N–H and O–H groups in total. The van der Waals surface area contributed by atoms with E-state index in [4.69, 9.17) is 13.9 Å². The number of carbonyl (C=O) groups excluding carboxylic acids is 1. The third-order valence-corrected chi connectivity index (χ3v) is 5.14. The first-order valence-electron chi connectivity index (χ1n) is 10.4. The van der Waals surface area contributed by atoms with Crippen LogP contribution in [0.4, 0.5) is 0 Å². The molecule has 2 heterocycles. The van der Waals surface area contributed by atoms with Crippen molar-refractivity contribution in [1.29, 1.82) is 0 Å². The van der Waals surface area contributed by atoms with Crippen molar-refractivity contribution in [3.05, 3.63) is 66.6 Å². The van der Waals surface area contributed by atoms with Gasteiger partial charge in [-0.15, -0.1) is 0 Å². The Kier molecular flexibility index (Phi) is 8.15. The van der Waals surface area contributed by atoms with E-state index in [0.29, 0.717) is 24.7 Å². The Balaban J connectivity index is 1.59. The normalized spacial score (nSPS) is 15.6. The maximum absolute atomic E-state index is 12.4. The van der Waals surface area contributed by atoms with Gasteiger partial charge in [-0.2, -0.15) is 0 Å². The Morgan fingerprint density at radius 3 is 2.80 bits per heavy atom. The fourth-order valence-electron chi connectivity index (χ4n) is 3.60. The topological polar surface area (TPSA) is 63.9 Å². The first kappa shape index (κ1) is 21.7. The van der Waals surface area contributed by atoms with Crippen LogP contribution < -0.4 is 14.8 Å². The van der Waals surface area contributed by atoms with Crippen LogP contribution in [-0.2, 0) is 4.79 Å². The average molecular weight is 411 g/mol. The Morgan fingerprint density at radius 2 is 2.10 bits per heavy atom. The highest BCUT2D eigenvalue weighted by atomic mass is 16.5. The Hall–Kier alpha value is -2.99. The molecule has 1 saturated heterocycles. The number of hydrogen-bond donors (Lipinski definition) is 1. The van der Waals surface area contributed by atoms with Crippen molar-refractivity contribution in [1.82, 2.24) is 10.2 Å². The second-order valence-electron chi connectivity index (χ2n) is 7.22. The van der Waals surface area contributed by atoms with Crippen LogP contribution in [0.3, 0.4) is 0 Å². The van der Waals surface area contributed by atoms with E-state index in [2.05, 4.69) is 16.8 Å².